The van der Waals surface area contributed by atoms with Gasteiger partial charge in [0.05, 0.1) is 25.2 Å². The van der Waals surface area contributed by atoms with E-state index in [1.807, 2.05) is 6.92 Å². The molecule has 0 spiro atoms. The highest BCUT2D eigenvalue weighted by molar-refractivity contribution is 5.74. The lowest BCUT2D eigenvalue weighted by Crippen LogP contribution is -2.47. The third-order valence-corrected chi connectivity index (χ3v) is 3.34. The van der Waals surface area contributed by atoms with E-state index in [0.717, 1.165) is 12.8 Å². The van der Waals surface area contributed by atoms with Crippen LogP contribution in [0.3, 0.4) is 0 Å². The van der Waals surface area contributed by atoms with Gasteiger partial charge in [-0.3, -0.25) is 4.79 Å². The van der Waals surface area contributed by atoms with Crippen LogP contribution in [0.5, 0.6) is 0 Å². The maximum atomic E-state index is 11.9. The molecule has 1 heterocycles. The number of hydrogen-bond donors (Lipinski definition) is 2. The third kappa shape index (κ3) is 6.21. The molecular weight excluding hydrogens is 264 g/mol. The number of carboxylic acid groups (broad SMARTS) is 1. The number of carbonyl (C=O) groups excluding carboxylic acids is 1. The first kappa shape index (κ1) is 16.7. The number of amides is 2. The van der Waals surface area contributed by atoms with Crippen LogP contribution < -0.4 is 5.32 Å². The summed E-state index contributed by atoms with van der Waals surface area (Å²) in [4.78, 5) is 24.0. The molecule has 1 fully saturated rings. The lowest BCUT2D eigenvalue weighted by molar-refractivity contribution is -0.138. The van der Waals surface area contributed by atoms with Crippen LogP contribution in [0.25, 0.3) is 0 Å². The molecule has 1 saturated heterocycles. The summed E-state index contributed by atoms with van der Waals surface area (Å²) in [5.41, 5.74) is 0. The summed E-state index contributed by atoms with van der Waals surface area (Å²) in [6.45, 7) is 3.88. The van der Waals surface area contributed by atoms with Gasteiger partial charge in [0, 0.05) is 26.7 Å². The summed E-state index contributed by atoms with van der Waals surface area (Å²) < 4.78 is 10.5. The van der Waals surface area contributed by atoms with E-state index in [0.29, 0.717) is 19.6 Å². The molecule has 7 nitrogen and oxygen atoms in total. The van der Waals surface area contributed by atoms with Crippen molar-refractivity contribution in [2.24, 2.45) is 0 Å². The van der Waals surface area contributed by atoms with Gasteiger partial charge in [0.25, 0.3) is 0 Å². The Morgan fingerprint density at radius 3 is 2.60 bits per heavy atom. The number of likely N-dealkylation sites (tertiary alicyclic amines) is 1. The largest absolute Gasteiger partial charge is 0.481 e. The molecule has 1 aliphatic rings. The number of carbonyl (C=O) groups is 2. The molecule has 0 aromatic carbocycles. The zero-order chi connectivity index (χ0) is 15.0. The normalized spacial score (nSPS) is 17.8. The predicted octanol–water partition coefficient (Wildman–Crippen LogP) is 0.687. The number of rotatable bonds is 7. The molecule has 1 atom stereocenters. The number of nitrogens with zero attached hydrogens (tertiary/aromatic N) is 1. The Labute approximate surface area is 119 Å². The highest BCUT2D eigenvalue weighted by atomic mass is 16.5. The van der Waals surface area contributed by atoms with E-state index in [1.54, 1.807) is 12.0 Å². The zero-order valence-electron chi connectivity index (χ0n) is 12.1. The van der Waals surface area contributed by atoms with Crippen LogP contribution in [0.1, 0.15) is 26.2 Å². The fraction of sp³-hybridized carbons (Fsp3) is 0.846. The molecule has 7 heteroatoms. The van der Waals surface area contributed by atoms with Crippen molar-refractivity contribution in [3.63, 3.8) is 0 Å². The van der Waals surface area contributed by atoms with E-state index in [4.69, 9.17) is 14.6 Å². The summed E-state index contributed by atoms with van der Waals surface area (Å²) in [7, 11) is 1.61. The molecule has 0 aliphatic carbocycles. The molecule has 2 amide bonds. The Bertz CT molecular complexity index is 316. The van der Waals surface area contributed by atoms with Crippen molar-refractivity contribution in [1.29, 1.82) is 0 Å². The van der Waals surface area contributed by atoms with Gasteiger partial charge < -0.3 is 24.8 Å². The standard InChI is InChI=1S/C13H24N2O5/c1-10(19-2)9-14-13(18)15-6-3-11(4-7-15)20-8-5-12(16)17/h10-11H,3-9H2,1-2H3,(H,14,18)(H,16,17). The number of carboxylic acids is 1. The molecular formula is C13H24N2O5. The molecule has 1 rings (SSSR count). The van der Waals surface area contributed by atoms with Gasteiger partial charge in [-0.15, -0.1) is 0 Å². The average Bonchev–Trinajstić information content (AvgIpc) is 2.44. The third-order valence-electron chi connectivity index (χ3n) is 3.34. The van der Waals surface area contributed by atoms with Crippen molar-refractivity contribution in [1.82, 2.24) is 10.2 Å². The molecule has 20 heavy (non-hydrogen) atoms. The lowest BCUT2D eigenvalue weighted by atomic mass is 10.1. The second-order valence-corrected chi connectivity index (χ2v) is 4.93. The number of hydrogen-bond acceptors (Lipinski definition) is 4. The second-order valence-electron chi connectivity index (χ2n) is 4.93. The first-order valence-corrected chi connectivity index (χ1v) is 6.92. The second kappa shape index (κ2) is 8.76. The highest BCUT2D eigenvalue weighted by Crippen LogP contribution is 2.14. The summed E-state index contributed by atoms with van der Waals surface area (Å²) in [6, 6.07) is -0.0853. The molecule has 116 valence electrons. The van der Waals surface area contributed by atoms with Crippen LogP contribution in [-0.4, -0.2) is 67.6 Å². The molecule has 0 radical (unpaired) electrons. The number of aliphatic carboxylic acids is 1. The van der Waals surface area contributed by atoms with Crippen molar-refractivity contribution in [2.75, 3.05) is 33.4 Å². The number of ether oxygens (including phenoxy) is 2. The quantitative estimate of drug-likeness (QED) is 0.719. The van der Waals surface area contributed by atoms with Gasteiger partial charge in [-0.1, -0.05) is 0 Å². The van der Waals surface area contributed by atoms with Crippen LogP contribution >= 0.6 is 0 Å². The van der Waals surface area contributed by atoms with Crippen LogP contribution in [0.2, 0.25) is 0 Å². The smallest absolute Gasteiger partial charge is 0.317 e. The maximum absolute atomic E-state index is 11.9. The van der Waals surface area contributed by atoms with E-state index in [9.17, 15) is 9.59 Å². The fourth-order valence-electron chi connectivity index (χ4n) is 1.96. The van der Waals surface area contributed by atoms with Gasteiger partial charge >= 0.3 is 12.0 Å². The van der Waals surface area contributed by atoms with Crippen LogP contribution in [0, 0.1) is 0 Å². The maximum Gasteiger partial charge on any atom is 0.317 e. The SMILES string of the molecule is COC(C)CNC(=O)N1CCC(OCCC(=O)O)CC1. The Hall–Kier alpha value is -1.34. The number of nitrogens with one attached hydrogen (secondary N) is 1. The molecule has 2 N–H and O–H groups in total. The topological polar surface area (TPSA) is 88.1 Å². The van der Waals surface area contributed by atoms with Crippen molar-refractivity contribution >= 4 is 12.0 Å². The number of piperidine rings is 1. The van der Waals surface area contributed by atoms with E-state index in [1.165, 1.54) is 0 Å². The minimum absolute atomic E-state index is 0.00385. The molecule has 0 bridgehead atoms. The molecule has 0 aromatic rings. The van der Waals surface area contributed by atoms with E-state index < -0.39 is 5.97 Å². The summed E-state index contributed by atoms with van der Waals surface area (Å²) in [5, 5.41) is 11.4. The number of urea groups is 1. The number of methoxy groups -OCH3 is 1. The van der Waals surface area contributed by atoms with Crippen molar-refractivity contribution in [3.8, 4) is 0 Å². The molecule has 0 saturated carbocycles. The van der Waals surface area contributed by atoms with E-state index >= 15 is 0 Å². The Morgan fingerprint density at radius 1 is 1.40 bits per heavy atom. The first-order valence-electron chi connectivity index (χ1n) is 6.92. The Balaban J connectivity index is 2.17. The van der Waals surface area contributed by atoms with Gasteiger partial charge in [-0.2, -0.15) is 0 Å². The summed E-state index contributed by atoms with van der Waals surface area (Å²) >= 11 is 0. The lowest BCUT2D eigenvalue weighted by Gasteiger charge is -2.32. The highest BCUT2D eigenvalue weighted by Gasteiger charge is 2.23. The van der Waals surface area contributed by atoms with Crippen molar-refractivity contribution in [2.45, 2.75) is 38.4 Å². The van der Waals surface area contributed by atoms with Crippen LogP contribution in [-0.2, 0) is 14.3 Å². The zero-order valence-corrected chi connectivity index (χ0v) is 12.1. The van der Waals surface area contributed by atoms with Gasteiger partial charge in [-0.25, -0.2) is 4.79 Å². The molecule has 0 aromatic heterocycles. The Morgan fingerprint density at radius 2 is 2.05 bits per heavy atom. The minimum Gasteiger partial charge on any atom is -0.481 e. The molecule has 1 aliphatic heterocycles. The van der Waals surface area contributed by atoms with Crippen molar-refractivity contribution < 1.29 is 24.2 Å². The van der Waals surface area contributed by atoms with Crippen LogP contribution in [0.4, 0.5) is 4.79 Å². The molecule has 1 unspecified atom stereocenters. The summed E-state index contributed by atoms with van der Waals surface area (Å²) in [6.07, 6.45) is 1.56. The first-order chi connectivity index (χ1) is 9.52. The van der Waals surface area contributed by atoms with E-state index in [-0.39, 0.29) is 31.3 Å². The van der Waals surface area contributed by atoms with Crippen molar-refractivity contribution in [3.05, 3.63) is 0 Å². The fourth-order valence-corrected chi connectivity index (χ4v) is 1.96. The van der Waals surface area contributed by atoms with E-state index in [2.05, 4.69) is 5.32 Å². The van der Waals surface area contributed by atoms with Gasteiger partial charge in [0.15, 0.2) is 0 Å². The monoisotopic (exact) mass is 288 g/mol. The van der Waals surface area contributed by atoms with Crippen LogP contribution in [0.15, 0.2) is 0 Å². The summed E-state index contributed by atoms with van der Waals surface area (Å²) in [5.74, 6) is -0.853. The van der Waals surface area contributed by atoms with Gasteiger partial charge in [0.2, 0.25) is 0 Å². The minimum atomic E-state index is -0.853. The predicted molar refractivity (Wildman–Crippen MR) is 72.7 cm³/mol. The average molecular weight is 288 g/mol. The van der Waals surface area contributed by atoms with Gasteiger partial charge in [0.1, 0.15) is 0 Å². The van der Waals surface area contributed by atoms with Gasteiger partial charge in [-0.05, 0) is 19.8 Å². The Kier molecular flexibility index (Phi) is 7.32.